The van der Waals surface area contributed by atoms with Crippen molar-refractivity contribution in [3.63, 3.8) is 0 Å². The molecule has 0 fully saturated rings. The number of fused-ring (bicyclic) bond motifs is 6. The first kappa shape index (κ1) is 17.6. The van der Waals surface area contributed by atoms with Crippen LogP contribution < -0.4 is 10.3 Å². The molecule has 0 saturated carbocycles. The zero-order chi connectivity index (χ0) is 25.9. The fourth-order valence-corrected chi connectivity index (χ4v) is 4.70. The highest BCUT2D eigenvalue weighted by molar-refractivity contribution is 6.31. The van der Waals surface area contributed by atoms with Gasteiger partial charge in [-0.3, -0.25) is 4.79 Å². The Morgan fingerprint density at radius 2 is 1.94 bits per heavy atom. The summed E-state index contributed by atoms with van der Waals surface area (Å²) in [5, 5.41) is 5.79. The first-order valence-electron chi connectivity index (χ1n) is 12.3. The summed E-state index contributed by atoms with van der Waals surface area (Å²) in [7, 11) is 0. The molecule has 0 N–H and O–H groups in total. The number of aryl methyl sites for hydroxylation is 2. The molecule has 1 aliphatic rings. The predicted molar refractivity (Wildman–Crippen MR) is 132 cm³/mol. The lowest BCUT2D eigenvalue weighted by Crippen LogP contribution is -2.17. The van der Waals surface area contributed by atoms with Crippen molar-refractivity contribution in [3.8, 4) is 16.9 Å². The predicted octanol–water partition coefficient (Wildman–Crippen LogP) is 5.29. The number of pyridine rings is 1. The quantitative estimate of drug-likeness (QED) is 0.333. The second-order valence-corrected chi connectivity index (χ2v) is 8.76. The molecule has 0 spiro atoms. The van der Waals surface area contributed by atoms with Crippen molar-refractivity contribution in [2.45, 2.75) is 19.6 Å². The highest BCUT2D eigenvalue weighted by atomic mass is 35.5. The average molecular weight is 472 g/mol. The lowest BCUT2D eigenvalue weighted by atomic mass is 9.93. The molecule has 0 saturated heterocycles. The van der Waals surface area contributed by atoms with E-state index in [1.54, 1.807) is 17.1 Å². The van der Waals surface area contributed by atoms with Crippen LogP contribution in [-0.2, 0) is 13.6 Å². The third-order valence-corrected chi connectivity index (χ3v) is 6.54. The number of nitrogens with zero attached hydrogens (tertiary/aromatic N) is 4. The maximum absolute atomic E-state index is 13.1. The van der Waals surface area contributed by atoms with Crippen molar-refractivity contribution in [2.24, 2.45) is 6.98 Å². The molecule has 7 heteroatoms. The molecule has 6 nitrogen and oxygen atoms in total. The number of benzene rings is 3. The maximum atomic E-state index is 13.1. The number of halogens is 1. The molecule has 1 aliphatic heterocycles. The first-order chi connectivity index (χ1) is 17.7. The smallest absolute Gasteiger partial charge is 0.251 e. The summed E-state index contributed by atoms with van der Waals surface area (Å²) in [5.74, 6) is 1.22. The van der Waals surface area contributed by atoms with E-state index in [9.17, 15) is 4.79 Å². The van der Waals surface area contributed by atoms with E-state index in [1.165, 1.54) is 6.07 Å². The minimum Gasteiger partial charge on any atom is -0.489 e. The van der Waals surface area contributed by atoms with Gasteiger partial charge in [0.1, 0.15) is 30.5 Å². The van der Waals surface area contributed by atoms with Crippen LogP contribution in [0.5, 0.6) is 5.75 Å². The number of hydrogen-bond acceptors (Lipinski definition) is 4. The summed E-state index contributed by atoms with van der Waals surface area (Å²) in [6.07, 6.45) is 1.67. The molecule has 3 aromatic carbocycles. The van der Waals surface area contributed by atoms with Crippen LogP contribution in [0.25, 0.3) is 22.0 Å². The summed E-state index contributed by atoms with van der Waals surface area (Å²) in [6.45, 7) is -0.582. The number of aromatic nitrogens is 4. The highest BCUT2D eigenvalue weighted by Gasteiger charge is 2.22. The SMILES string of the molecule is [2H]C([2H])([2H])n1c(=O)cc2c3cc(ccc31)[C@@H](n1cnc(C)n1)c1ccc(Cl)c(c1)COc1cccc-2c1. The van der Waals surface area contributed by atoms with Gasteiger partial charge in [-0.2, -0.15) is 5.10 Å². The van der Waals surface area contributed by atoms with Gasteiger partial charge in [0.2, 0.25) is 0 Å². The minimum absolute atomic E-state index is 0.243. The molecule has 168 valence electrons. The van der Waals surface area contributed by atoms with Crippen LogP contribution in [-0.4, -0.2) is 19.3 Å². The van der Waals surface area contributed by atoms with Crippen LogP contribution in [0.2, 0.25) is 5.02 Å². The molecule has 6 bridgehead atoms. The van der Waals surface area contributed by atoms with Gasteiger partial charge in [-0.05, 0) is 65.6 Å². The number of hydrogen-bond donors (Lipinski definition) is 0. The van der Waals surface area contributed by atoms with Crippen LogP contribution in [0.3, 0.4) is 0 Å². The molecule has 0 unspecified atom stereocenters. The Balaban J connectivity index is 1.73. The zero-order valence-corrected chi connectivity index (χ0v) is 19.0. The fraction of sp³-hybridized carbons (Fsp3) is 0.148. The fourth-order valence-electron chi connectivity index (χ4n) is 4.53. The lowest BCUT2D eigenvalue weighted by Gasteiger charge is -2.21. The Bertz CT molecular complexity index is 1740. The van der Waals surface area contributed by atoms with Crippen molar-refractivity contribution >= 4 is 22.5 Å². The van der Waals surface area contributed by atoms with Crippen LogP contribution in [0, 0.1) is 6.92 Å². The molecule has 3 heterocycles. The van der Waals surface area contributed by atoms with Gasteiger partial charge in [-0.1, -0.05) is 35.9 Å². The van der Waals surface area contributed by atoms with Gasteiger partial charge in [-0.25, -0.2) is 9.67 Å². The summed E-state index contributed by atoms with van der Waals surface area (Å²) in [4.78, 5) is 17.4. The molecule has 0 aliphatic carbocycles. The Hall–Kier alpha value is -3.90. The molecular formula is C27H21ClN4O2. The third kappa shape index (κ3) is 3.38. The summed E-state index contributed by atoms with van der Waals surface area (Å²) in [6, 6.07) is 19.6. The Kier molecular flexibility index (Phi) is 4.05. The number of ether oxygens (including phenoxy) is 1. The van der Waals surface area contributed by atoms with Crippen LogP contribution in [0.15, 0.2) is 77.9 Å². The van der Waals surface area contributed by atoms with Gasteiger partial charge in [0.05, 0.1) is 5.52 Å². The van der Waals surface area contributed by atoms with Crippen molar-refractivity contribution in [1.82, 2.24) is 19.3 Å². The molecule has 5 aromatic rings. The van der Waals surface area contributed by atoms with E-state index in [-0.39, 0.29) is 12.6 Å². The van der Waals surface area contributed by atoms with Gasteiger partial charge in [-0.15, -0.1) is 0 Å². The van der Waals surface area contributed by atoms with E-state index in [2.05, 4.69) is 10.1 Å². The number of rotatable bonds is 1. The van der Waals surface area contributed by atoms with Crippen molar-refractivity contribution in [2.75, 3.05) is 0 Å². The van der Waals surface area contributed by atoms with E-state index in [1.807, 2.05) is 61.5 Å². The van der Waals surface area contributed by atoms with Gasteiger partial charge in [0.25, 0.3) is 5.56 Å². The molecule has 6 rings (SSSR count). The maximum Gasteiger partial charge on any atom is 0.251 e. The topological polar surface area (TPSA) is 61.9 Å². The van der Waals surface area contributed by atoms with E-state index in [0.29, 0.717) is 33.1 Å². The normalized spacial score (nSPS) is 16.5. The van der Waals surface area contributed by atoms with Crippen LogP contribution in [0.1, 0.15) is 32.7 Å². The summed E-state index contributed by atoms with van der Waals surface area (Å²) in [5.41, 5.74) is 3.63. The minimum atomic E-state index is -2.64. The molecule has 34 heavy (non-hydrogen) atoms. The second kappa shape index (κ2) is 7.85. The Morgan fingerprint density at radius 3 is 2.76 bits per heavy atom. The largest absolute Gasteiger partial charge is 0.489 e. The lowest BCUT2D eigenvalue weighted by molar-refractivity contribution is 0.306. The zero-order valence-electron chi connectivity index (χ0n) is 21.2. The first-order valence-corrected chi connectivity index (χ1v) is 11.2. The third-order valence-electron chi connectivity index (χ3n) is 6.17. The van der Waals surface area contributed by atoms with E-state index in [0.717, 1.165) is 26.8 Å². The van der Waals surface area contributed by atoms with Crippen LogP contribution >= 0.6 is 11.6 Å². The standard InChI is InChI=1S/C27H21ClN4O2/c1-16-29-15-32(30-16)27-18-6-8-24(28)20(10-18)14-34-21-5-3-4-17(11-21)22-13-26(33)31(2)25-9-7-19(27)12-23(22)25/h3-13,15,27H,14H2,1-2H3/t27-/m0/s1/i2D3. The van der Waals surface area contributed by atoms with E-state index in [4.69, 9.17) is 20.5 Å². The molecule has 0 amide bonds. The molecule has 2 aromatic heterocycles. The highest BCUT2D eigenvalue weighted by Crippen LogP contribution is 2.35. The molecule has 1 atom stereocenters. The van der Waals surface area contributed by atoms with Gasteiger partial charge >= 0.3 is 0 Å². The van der Waals surface area contributed by atoms with E-state index >= 15 is 0 Å². The van der Waals surface area contributed by atoms with Gasteiger partial charge in [0.15, 0.2) is 0 Å². The van der Waals surface area contributed by atoms with Gasteiger partial charge in [0, 0.05) is 33.1 Å². The van der Waals surface area contributed by atoms with Crippen LogP contribution in [0.4, 0.5) is 0 Å². The Labute approximate surface area is 205 Å². The summed E-state index contributed by atoms with van der Waals surface area (Å²) >= 11 is 6.53. The van der Waals surface area contributed by atoms with E-state index < -0.39 is 12.5 Å². The molecular weight excluding hydrogens is 448 g/mol. The molecule has 0 radical (unpaired) electrons. The van der Waals surface area contributed by atoms with Crippen molar-refractivity contribution in [3.05, 3.63) is 111 Å². The van der Waals surface area contributed by atoms with Crippen molar-refractivity contribution < 1.29 is 8.85 Å². The summed E-state index contributed by atoms with van der Waals surface area (Å²) < 4.78 is 32.8. The second-order valence-electron chi connectivity index (χ2n) is 8.35. The van der Waals surface area contributed by atoms with Crippen molar-refractivity contribution in [1.29, 1.82) is 0 Å². The van der Waals surface area contributed by atoms with Gasteiger partial charge < -0.3 is 9.30 Å². The Morgan fingerprint density at radius 1 is 1.09 bits per heavy atom. The monoisotopic (exact) mass is 471 g/mol. The average Bonchev–Trinajstić information content (AvgIpc) is 3.28.